The van der Waals surface area contributed by atoms with Crippen LogP contribution in [0.3, 0.4) is 0 Å². The predicted octanol–water partition coefficient (Wildman–Crippen LogP) is 3.93. The summed E-state index contributed by atoms with van der Waals surface area (Å²) in [4.78, 5) is 0. The zero-order chi connectivity index (χ0) is 13.8. The Bertz CT molecular complexity index is 557. The average molecular weight is 280 g/mol. The first-order valence-electron chi connectivity index (χ1n) is 6.05. The van der Waals surface area contributed by atoms with Crippen LogP contribution in [0.4, 0.5) is 4.39 Å². The third kappa shape index (κ3) is 3.25. The maximum Gasteiger partial charge on any atom is 0.129 e. The van der Waals surface area contributed by atoms with Crippen molar-refractivity contribution in [2.45, 2.75) is 13.0 Å². The summed E-state index contributed by atoms with van der Waals surface area (Å²) in [5.41, 5.74) is 7.32. The maximum atomic E-state index is 13.8. The van der Waals surface area contributed by atoms with Crippen LogP contribution in [0.15, 0.2) is 42.5 Å². The standard InChI is InChI=1S/C15H15ClFNO/c1-2-19-12-6-3-10(4-7-12)15(18)13-8-5-11(16)9-14(13)17/h3-9,15H,2,18H2,1H3. The molecule has 0 heterocycles. The quantitative estimate of drug-likeness (QED) is 0.920. The van der Waals surface area contributed by atoms with E-state index < -0.39 is 11.9 Å². The second-order valence-corrected chi connectivity index (χ2v) is 4.58. The van der Waals surface area contributed by atoms with Gasteiger partial charge in [-0.25, -0.2) is 4.39 Å². The van der Waals surface area contributed by atoms with Crippen LogP contribution in [0, 0.1) is 5.82 Å². The van der Waals surface area contributed by atoms with E-state index >= 15 is 0 Å². The molecule has 0 bridgehead atoms. The smallest absolute Gasteiger partial charge is 0.129 e. The summed E-state index contributed by atoms with van der Waals surface area (Å²) >= 11 is 5.73. The molecule has 0 aliphatic rings. The van der Waals surface area contributed by atoms with Gasteiger partial charge in [0.2, 0.25) is 0 Å². The summed E-state index contributed by atoms with van der Waals surface area (Å²) in [6, 6.07) is 11.3. The molecule has 0 radical (unpaired) electrons. The molecule has 0 fully saturated rings. The van der Waals surface area contributed by atoms with Gasteiger partial charge in [0.05, 0.1) is 12.6 Å². The second kappa shape index (κ2) is 6.04. The molecule has 1 atom stereocenters. The van der Waals surface area contributed by atoms with Crippen molar-refractivity contribution >= 4 is 11.6 Å². The minimum atomic E-state index is -0.520. The Labute approximate surface area is 117 Å². The molecule has 2 rings (SSSR count). The Hall–Kier alpha value is -1.58. The molecule has 100 valence electrons. The predicted molar refractivity (Wildman–Crippen MR) is 75.1 cm³/mol. The van der Waals surface area contributed by atoms with Crippen LogP contribution in [0.2, 0.25) is 5.02 Å². The van der Waals surface area contributed by atoms with Gasteiger partial charge in [0, 0.05) is 10.6 Å². The largest absolute Gasteiger partial charge is 0.494 e. The molecule has 2 aromatic rings. The van der Waals surface area contributed by atoms with Gasteiger partial charge in [0.25, 0.3) is 0 Å². The Morgan fingerprint density at radius 1 is 1.21 bits per heavy atom. The third-order valence-corrected chi connectivity index (χ3v) is 3.08. The fourth-order valence-electron chi connectivity index (χ4n) is 1.87. The average Bonchev–Trinajstić information content (AvgIpc) is 2.39. The molecule has 0 spiro atoms. The number of ether oxygens (including phenoxy) is 1. The van der Waals surface area contributed by atoms with Gasteiger partial charge in [-0.15, -0.1) is 0 Å². The van der Waals surface area contributed by atoms with Gasteiger partial charge in [-0.2, -0.15) is 0 Å². The summed E-state index contributed by atoms with van der Waals surface area (Å²) in [5, 5.41) is 0.361. The van der Waals surface area contributed by atoms with Crippen LogP contribution in [-0.2, 0) is 0 Å². The van der Waals surface area contributed by atoms with E-state index in [2.05, 4.69) is 0 Å². The number of nitrogens with two attached hydrogens (primary N) is 1. The van der Waals surface area contributed by atoms with E-state index in [0.717, 1.165) is 11.3 Å². The number of rotatable bonds is 4. The lowest BCUT2D eigenvalue weighted by Crippen LogP contribution is -2.13. The molecule has 0 saturated carbocycles. The highest BCUT2D eigenvalue weighted by Gasteiger charge is 2.13. The normalized spacial score (nSPS) is 12.2. The summed E-state index contributed by atoms with van der Waals surface area (Å²) in [6.45, 7) is 2.53. The monoisotopic (exact) mass is 279 g/mol. The van der Waals surface area contributed by atoms with Crippen LogP contribution in [0.25, 0.3) is 0 Å². The van der Waals surface area contributed by atoms with Crippen molar-refractivity contribution in [3.05, 3.63) is 64.4 Å². The molecule has 0 aliphatic heterocycles. The topological polar surface area (TPSA) is 35.2 Å². The fourth-order valence-corrected chi connectivity index (χ4v) is 2.03. The second-order valence-electron chi connectivity index (χ2n) is 4.15. The molecule has 0 saturated heterocycles. The van der Waals surface area contributed by atoms with E-state index in [9.17, 15) is 4.39 Å². The van der Waals surface area contributed by atoms with Crippen molar-refractivity contribution in [2.75, 3.05) is 6.61 Å². The first kappa shape index (κ1) is 13.8. The number of hydrogen-bond donors (Lipinski definition) is 1. The van der Waals surface area contributed by atoms with Gasteiger partial charge in [-0.3, -0.25) is 0 Å². The molecule has 1 unspecified atom stereocenters. The molecule has 2 N–H and O–H groups in total. The van der Waals surface area contributed by atoms with E-state index in [4.69, 9.17) is 22.1 Å². The maximum absolute atomic E-state index is 13.8. The molecule has 0 aliphatic carbocycles. The number of halogens is 2. The van der Waals surface area contributed by atoms with Crippen molar-refractivity contribution in [3.8, 4) is 5.75 Å². The molecular formula is C15H15ClFNO. The minimum absolute atomic E-state index is 0.361. The fraction of sp³-hybridized carbons (Fsp3) is 0.200. The van der Waals surface area contributed by atoms with Crippen LogP contribution < -0.4 is 10.5 Å². The molecule has 19 heavy (non-hydrogen) atoms. The minimum Gasteiger partial charge on any atom is -0.494 e. The number of benzene rings is 2. The van der Waals surface area contributed by atoms with E-state index in [0.29, 0.717) is 17.2 Å². The number of hydrogen-bond acceptors (Lipinski definition) is 2. The van der Waals surface area contributed by atoms with Crippen molar-refractivity contribution in [3.63, 3.8) is 0 Å². The van der Waals surface area contributed by atoms with Crippen molar-refractivity contribution in [2.24, 2.45) is 5.73 Å². The Balaban J connectivity index is 2.25. The van der Waals surface area contributed by atoms with Gasteiger partial charge in [-0.1, -0.05) is 29.8 Å². The lowest BCUT2D eigenvalue weighted by atomic mass is 9.99. The third-order valence-electron chi connectivity index (χ3n) is 2.85. The van der Waals surface area contributed by atoms with Crippen LogP contribution in [0.1, 0.15) is 24.1 Å². The van der Waals surface area contributed by atoms with Gasteiger partial charge in [0.1, 0.15) is 11.6 Å². The van der Waals surface area contributed by atoms with Crippen molar-refractivity contribution in [1.82, 2.24) is 0 Å². The zero-order valence-electron chi connectivity index (χ0n) is 10.6. The molecule has 2 nitrogen and oxygen atoms in total. The van der Waals surface area contributed by atoms with Crippen molar-refractivity contribution in [1.29, 1.82) is 0 Å². The SMILES string of the molecule is CCOc1ccc(C(N)c2ccc(Cl)cc2F)cc1. The van der Waals surface area contributed by atoms with Crippen LogP contribution in [-0.4, -0.2) is 6.61 Å². The Kier molecular flexibility index (Phi) is 4.40. The van der Waals surface area contributed by atoms with Crippen LogP contribution >= 0.6 is 11.6 Å². The van der Waals surface area contributed by atoms with Gasteiger partial charge < -0.3 is 10.5 Å². The first-order valence-corrected chi connectivity index (χ1v) is 6.43. The lowest BCUT2D eigenvalue weighted by molar-refractivity contribution is 0.340. The summed E-state index contributed by atoms with van der Waals surface area (Å²) in [7, 11) is 0. The molecule has 0 aromatic heterocycles. The van der Waals surface area contributed by atoms with Crippen molar-refractivity contribution < 1.29 is 9.13 Å². The Morgan fingerprint density at radius 2 is 1.89 bits per heavy atom. The van der Waals surface area contributed by atoms with Crippen LogP contribution in [0.5, 0.6) is 5.75 Å². The van der Waals surface area contributed by atoms with E-state index in [1.54, 1.807) is 12.1 Å². The highest BCUT2D eigenvalue weighted by molar-refractivity contribution is 6.30. The molecular weight excluding hydrogens is 265 g/mol. The molecule has 0 amide bonds. The summed E-state index contributed by atoms with van der Waals surface area (Å²) < 4.78 is 19.2. The van der Waals surface area contributed by atoms with Gasteiger partial charge >= 0.3 is 0 Å². The van der Waals surface area contributed by atoms with E-state index in [1.807, 2.05) is 31.2 Å². The van der Waals surface area contributed by atoms with E-state index in [-0.39, 0.29) is 0 Å². The van der Waals surface area contributed by atoms with Gasteiger partial charge in [0.15, 0.2) is 0 Å². The highest BCUT2D eigenvalue weighted by Crippen LogP contribution is 2.25. The first-order chi connectivity index (χ1) is 9.11. The summed E-state index contributed by atoms with van der Waals surface area (Å²) in [6.07, 6.45) is 0. The summed E-state index contributed by atoms with van der Waals surface area (Å²) in [5.74, 6) is 0.379. The van der Waals surface area contributed by atoms with E-state index in [1.165, 1.54) is 6.07 Å². The highest BCUT2D eigenvalue weighted by atomic mass is 35.5. The molecule has 2 aromatic carbocycles. The van der Waals surface area contributed by atoms with Gasteiger partial charge in [-0.05, 0) is 36.8 Å². The molecule has 4 heteroatoms. The lowest BCUT2D eigenvalue weighted by Gasteiger charge is -2.14. The Morgan fingerprint density at radius 3 is 2.47 bits per heavy atom. The zero-order valence-corrected chi connectivity index (χ0v) is 11.3.